The van der Waals surface area contributed by atoms with Crippen LogP contribution in [0.25, 0.3) is 22.2 Å². The minimum Gasteiger partial charge on any atom is -0.507 e. The van der Waals surface area contributed by atoms with Gasteiger partial charge in [0.25, 0.3) is 10.0 Å². The molecule has 2 aromatic heterocycles. The molecular formula is C26H23FN2O5S. The maximum absolute atomic E-state index is 13.5. The van der Waals surface area contributed by atoms with Gasteiger partial charge in [0.05, 0.1) is 11.7 Å². The van der Waals surface area contributed by atoms with Crippen LogP contribution >= 0.6 is 0 Å². The number of para-hydroxylation sites is 1. The van der Waals surface area contributed by atoms with Gasteiger partial charge in [-0.1, -0.05) is 18.2 Å². The topological polar surface area (TPSA) is 101 Å². The second kappa shape index (κ2) is 9.24. The molecule has 0 radical (unpaired) electrons. The summed E-state index contributed by atoms with van der Waals surface area (Å²) in [5, 5.41) is 10.1. The molecule has 2 aromatic carbocycles. The first kappa shape index (κ1) is 23.2. The third-order valence-electron chi connectivity index (χ3n) is 6.21. The van der Waals surface area contributed by atoms with E-state index in [9.17, 15) is 22.7 Å². The molecule has 35 heavy (non-hydrogen) atoms. The van der Waals surface area contributed by atoms with Crippen molar-refractivity contribution in [1.82, 2.24) is 9.29 Å². The van der Waals surface area contributed by atoms with Gasteiger partial charge in [0.2, 0.25) is 5.09 Å². The van der Waals surface area contributed by atoms with Gasteiger partial charge < -0.3 is 9.52 Å². The molecule has 0 unspecified atom stereocenters. The molecule has 3 heterocycles. The molecular weight excluding hydrogens is 471 g/mol. The first-order chi connectivity index (χ1) is 16.8. The SMILES string of the molecule is O=C(CCc1cccc(-c2ccccc2O)n1)[C@@H]1CCCN1S(=O)(=O)c1cc2cc(F)ccc2o1. The Morgan fingerprint density at radius 3 is 2.77 bits per heavy atom. The van der Waals surface area contributed by atoms with Crippen LogP contribution in [0.15, 0.2) is 76.2 Å². The number of pyridine rings is 1. The Morgan fingerprint density at radius 1 is 1.11 bits per heavy atom. The number of phenols is 1. The summed E-state index contributed by atoms with van der Waals surface area (Å²) in [7, 11) is -4.06. The largest absolute Gasteiger partial charge is 0.507 e. The predicted octanol–water partition coefficient (Wildman–Crippen LogP) is 4.69. The van der Waals surface area contributed by atoms with Crippen molar-refractivity contribution in [3.63, 3.8) is 0 Å². The minimum absolute atomic E-state index is 0.119. The lowest BCUT2D eigenvalue weighted by Crippen LogP contribution is -2.40. The van der Waals surface area contributed by atoms with Crippen molar-refractivity contribution >= 4 is 26.8 Å². The number of phenolic OH excluding ortho intramolecular Hbond substituents is 1. The third-order valence-corrected chi connectivity index (χ3v) is 7.97. The highest BCUT2D eigenvalue weighted by Gasteiger charge is 2.40. The normalized spacial score (nSPS) is 16.7. The number of aryl methyl sites for hydroxylation is 1. The van der Waals surface area contributed by atoms with Crippen molar-refractivity contribution in [3.8, 4) is 17.0 Å². The molecule has 7 nitrogen and oxygen atoms in total. The van der Waals surface area contributed by atoms with Crippen molar-refractivity contribution in [2.75, 3.05) is 6.54 Å². The van der Waals surface area contributed by atoms with E-state index < -0.39 is 21.9 Å². The van der Waals surface area contributed by atoms with Gasteiger partial charge in [0, 0.05) is 35.7 Å². The number of halogens is 1. The number of rotatable bonds is 7. The standard InChI is InChI=1S/C26H23FN2O5S/c27-18-10-13-25-17(15-18)16-26(34-25)35(32,33)29-14-4-8-22(29)24(31)12-11-19-5-3-7-21(28-19)20-6-1-2-9-23(20)30/h1-3,5-7,9-10,13,15-16,22,30H,4,8,11-12,14H2/t22-/m0/s1. The maximum atomic E-state index is 13.5. The number of aromatic hydroxyl groups is 1. The first-order valence-electron chi connectivity index (χ1n) is 11.3. The fraction of sp³-hybridized carbons (Fsp3) is 0.231. The van der Waals surface area contributed by atoms with Crippen LogP contribution in [0, 0.1) is 5.82 Å². The Hall–Kier alpha value is -3.56. The highest BCUT2D eigenvalue weighted by Crippen LogP contribution is 2.31. The number of fused-ring (bicyclic) bond motifs is 1. The molecule has 9 heteroatoms. The second-order valence-corrected chi connectivity index (χ2v) is 10.3. The number of carbonyl (C=O) groups is 1. The van der Waals surface area contributed by atoms with Crippen LogP contribution in [0.5, 0.6) is 5.75 Å². The number of furan rings is 1. The molecule has 1 N–H and O–H groups in total. The summed E-state index contributed by atoms with van der Waals surface area (Å²) in [4.78, 5) is 17.6. The molecule has 0 spiro atoms. The molecule has 1 fully saturated rings. The highest BCUT2D eigenvalue weighted by atomic mass is 32.2. The Morgan fingerprint density at radius 2 is 1.94 bits per heavy atom. The number of sulfonamides is 1. The van der Waals surface area contributed by atoms with E-state index in [1.807, 2.05) is 6.07 Å². The molecule has 1 saturated heterocycles. The van der Waals surface area contributed by atoms with E-state index in [2.05, 4.69) is 4.98 Å². The number of benzene rings is 2. The number of carbonyl (C=O) groups excluding carboxylic acids is 1. The van der Waals surface area contributed by atoms with E-state index in [1.54, 1.807) is 36.4 Å². The summed E-state index contributed by atoms with van der Waals surface area (Å²) in [5.74, 6) is -0.562. The molecule has 0 bridgehead atoms. The average molecular weight is 495 g/mol. The summed E-state index contributed by atoms with van der Waals surface area (Å²) in [6.07, 6.45) is 1.46. The molecule has 1 atom stereocenters. The van der Waals surface area contributed by atoms with Crippen LogP contribution in [-0.4, -0.2) is 41.2 Å². The van der Waals surface area contributed by atoms with Gasteiger partial charge in [-0.15, -0.1) is 0 Å². The van der Waals surface area contributed by atoms with Crippen molar-refractivity contribution in [1.29, 1.82) is 0 Å². The monoisotopic (exact) mass is 494 g/mol. The molecule has 1 aliphatic heterocycles. The van der Waals surface area contributed by atoms with Gasteiger partial charge >= 0.3 is 0 Å². The minimum atomic E-state index is -4.06. The molecule has 0 saturated carbocycles. The van der Waals surface area contributed by atoms with Crippen LogP contribution in [0.2, 0.25) is 0 Å². The Bertz CT molecular complexity index is 1520. The summed E-state index contributed by atoms with van der Waals surface area (Å²) in [6.45, 7) is 0.213. The van der Waals surface area contributed by atoms with Gasteiger partial charge in [-0.2, -0.15) is 4.31 Å². The first-order valence-corrected chi connectivity index (χ1v) is 12.7. The molecule has 0 amide bonds. The predicted molar refractivity (Wildman–Crippen MR) is 128 cm³/mol. The molecule has 0 aliphatic carbocycles. The maximum Gasteiger partial charge on any atom is 0.277 e. The van der Waals surface area contributed by atoms with E-state index in [0.717, 1.165) is 0 Å². The zero-order valence-electron chi connectivity index (χ0n) is 18.7. The zero-order chi connectivity index (χ0) is 24.6. The lowest BCUT2D eigenvalue weighted by Gasteiger charge is -2.21. The summed E-state index contributed by atoms with van der Waals surface area (Å²) in [6, 6.07) is 16.6. The van der Waals surface area contributed by atoms with Crippen LogP contribution < -0.4 is 0 Å². The second-order valence-electron chi connectivity index (χ2n) is 8.52. The van der Waals surface area contributed by atoms with E-state index in [0.29, 0.717) is 41.6 Å². The van der Waals surface area contributed by atoms with E-state index >= 15 is 0 Å². The molecule has 1 aliphatic rings. The van der Waals surface area contributed by atoms with Gasteiger partial charge in [-0.05, 0) is 61.7 Å². The Balaban J connectivity index is 1.31. The number of hydrogen-bond donors (Lipinski definition) is 1. The van der Waals surface area contributed by atoms with Crippen LogP contribution in [0.3, 0.4) is 0 Å². The smallest absolute Gasteiger partial charge is 0.277 e. The lowest BCUT2D eigenvalue weighted by molar-refractivity contribution is -0.122. The number of ketones is 1. The fourth-order valence-electron chi connectivity index (χ4n) is 4.46. The van der Waals surface area contributed by atoms with E-state index in [4.69, 9.17) is 4.42 Å². The van der Waals surface area contributed by atoms with Crippen LogP contribution in [0.1, 0.15) is 25.0 Å². The van der Waals surface area contributed by atoms with Crippen molar-refractivity contribution in [3.05, 3.63) is 78.2 Å². The van der Waals surface area contributed by atoms with E-state index in [-0.39, 0.29) is 35.2 Å². The van der Waals surface area contributed by atoms with Crippen molar-refractivity contribution in [2.45, 2.75) is 36.8 Å². The van der Waals surface area contributed by atoms with Gasteiger partial charge in [-0.3, -0.25) is 9.78 Å². The number of Topliss-reactive ketones (excluding diaryl/α,β-unsaturated/α-hetero) is 1. The van der Waals surface area contributed by atoms with Crippen LogP contribution in [-0.2, 0) is 21.2 Å². The zero-order valence-corrected chi connectivity index (χ0v) is 19.5. The average Bonchev–Trinajstić information content (AvgIpc) is 3.51. The van der Waals surface area contributed by atoms with Crippen LogP contribution in [0.4, 0.5) is 4.39 Å². The van der Waals surface area contributed by atoms with Gasteiger partial charge in [0.1, 0.15) is 17.1 Å². The number of aromatic nitrogens is 1. The summed E-state index contributed by atoms with van der Waals surface area (Å²) in [5.41, 5.74) is 2.13. The Labute approximate surface area is 201 Å². The fourth-order valence-corrected chi connectivity index (χ4v) is 6.09. The highest BCUT2D eigenvalue weighted by molar-refractivity contribution is 7.89. The Kier molecular flexibility index (Phi) is 6.12. The quantitative estimate of drug-likeness (QED) is 0.400. The number of hydrogen-bond acceptors (Lipinski definition) is 6. The van der Waals surface area contributed by atoms with Gasteiger partial charge in [0.15, 0.2) is 5.78 Å². The lowest BCUT2D eigenvalue weighted by atomic mass is 10.0. The van der Waals surface area contributed by atoms with Crippen molar-refractivity contribution < 1.29 is 27.1 Å². The number of nitrogens with zero attached hydrogens (tertiary/aromatic N) is 2. The summed E-state index contributed by atoms with van der Waals surface area (Å²) >= 11 is 0. The molecule has 4 aromatic rings. The van der Waals surface area contributed by atoms with Crippen molar-refractivity contribution in [2.24, 2.45) is 0 Å². The van der Waals surface area contributed by atoms with E-state index in [1.165, 1.54) is 28.6 Å². The third kappa shape index (κ3) is 4.56. The van der Waals surface area contributed by atoms with Gasteiger partial charge in [-0.25, -0.2) is 12.8 Å². The summed E-state index contributed by atoms with van der Waals surface area (Å²) < 4.78 is 46.7. The molecule has 5 rings (SSSR count). The molecule has 180 valence electrons.